The Hall–Kier alpha value is -1.06. The molecule has 0 aromatic heterocycles. The highest BCUT2D eigenvalue weighted by Crippen LogP contribution is 2.23. The molecule has 17 heavy (non-hydrogen) atoms. The van der Waals surface area contributed by atoms with Crippen LogP contribution in [-0.2, 0) is 11.3 Å². The van der Waals surface area contributed by atoms with E-state index in [1.54, 1.807) is 0 Å². The summed E-state index contributed by atoms with van der Waals surface area (Å²) in [7, 11) is 0. The first kappa shape index (κ1) is 14.0. The van der Waals surface area contributed by atoms with E-state index >= 15 is 0 Å². The van der Waals surface area contributed by atoms with Gasteiger partial charge in [0.2, 0.25) is 0 Å². The molecule has 0 amide bonds. The lowest BCUT2D eigenvalue weighted by molar-refractivity contribution is 0.119. The minimum Gasteiger partial charge on any atom is -0.494 e. The second kappa shape index (κ2) is 7.30. The van der Waals surface area contributed by atoms with E-state index in [0.29, 0.717) is 13.2 Å². The zero-order valence-corrected chi connectivity index (χ0v) is 11.0. The summed E-state index contributed by atoms with van der Waals surface area (Å²) in [4.78, 5) is 0. The molecule has 0 radical (unpaired) electrons. The fourth-order valence-electron chi connectivity index (χ4n) is 1.62. The minimum atomic E-state index is 0.0376. The van der Waals surface area contributed by atoms with Crippen molar-refractivity contribution in [2.75, 3.05) is 13.2 Å². The quantitative estimate of drug-likeness (QED) is 0.741. The molecule has 0 fully saturated rings. The molecule has 1 rings (SSSR count). The molecule has 0 saturated heterocycles. The summed E-state index contributed by atoms with van der Waals surface area (Å²) in [6.07, 6.45) is 1.02. The Kier molecular flexibility index (Phi) is 6.01. The van der Waals surface area contributed by atoms with Crippen molar-refractivity contribution in [2.24, 2.45) is 5.73 Å². The average molecular weight is 237 g/mol. The first-order valence-electron chi connectivity index (χ1n) is 6.28. The standard InChI is InChI=1S/C14H23NO2/c1-4-8-16-10-13-9-12(11(3)15)6-7-14(13)17-5-2/h6-7,9,11H,4-5,8,10,15H2,1-3H3. The predicted molar refractivity (Wildman–Crippen MR) is 70.2 cm³/mol. The number of benzene rings is 1. The van der Waals surface area contributed by atoms with Crippen molar-refractivity contribution < 1.29 is 9.47 Å². The number of nitrogens with two attached hydrogens (primary N) is 1. The summed E-state index contributed by atoms with van der Waals surface area (Å²) >= 11 is 0. The number of ether oxygens (including phenoxy) is 2. The Morgan fingerprint density at radius 1 is 1.29 bits per heavy atom. The summed E-state index contributed by atoms with van der Waals surface area (Å²) in [6, 6.07) is 6.10. The molecule has 0 saturated carbocycles. The van der Waals surface area contributed by atoms with Crippen molar-refractivity contribution >= 4 is 0 Å². The highest BCUT2D eigenvalue weighted by molar-refractivity contribution is 5.38. The molecule has 0 aliphatic heterocycles. The van der Waals surface area contributed by atoms with E-state index in [2.05, 4.69) is 13.0 Å². The highest BCUT2D eigenvalue weighted by Gasteiger charge is 2.07. The van der Waals surface area contributed by atoms with Crippen molar-refractivity contribution in [3.63, 3.8) is 0 Å². The van der Waals surface area contributed by atoms with E-state index < -0.39 is 0 Å². The van der Waals surface area contributed by atoms with E-state index in [-0.39, 0.29) is 6.04 Å². The van der Waals surface area contributed by atoms with Gasteiger partial charge in [-0.3, -0.25) is 0 Å². The number of hydrogen-bond acceptors (Lipinski definition) is 3. The Morgan fingerprint density at radius 2 is 2.06 bits per heavy atom. The van der Waals surface area contributed by atoms with Crippen LogP contribution in [0.5, 0.6) is 5.75 Å². The fourth-order valence-corrected chi connectivity index (χ4v) is 1.62. The van der Waals surface area contributed by atoms with E-state index in [1.807, 2.05) is 26.0 Å². The Morgan fingerprint density at radius 3 is 2.65 bits per heavy atom. The number of hydrogen-bond donors (Lipinski definition) is 1. The lowest BCUT2D eigenvalue weighted by atomic mass is 10.1. The van der Waals surface area contributed by atoms with E-state index in [9.17, 15) is 0 Å². The monoisotopic (exact) mass is 237 g/mol. The van der Waals surface area contributed by atoms with Crippen molar-refractivity contribution in [1.82, 2.24) is 0 Å². The van der Waals surface area contributed by atoms with Gasteiger partial charge in [-0.1, -0.05) is 13.0 Å². The molecule has 96 valence electrons. The van der Waals surface area contributed by atoms with Gasteiger partial charge in [-0.15, -0.1) is 0 Å². The predicted octanol–water partition coefficient (Wildman–Crippen LogP) is 3.03. The van der Waals surface area contributed by atoms with Gasteiger partial charge < -0.3 is 15.2 Å². The van der Waals surface area contributed by atoms with Gasteiger partial charge >= 0.3 is 0 Å². The molecule has 3 nitrogen and oxygen atoms in total. The van der Waals surface area contributed by atoms with Crippen molar-refractivity contribution in [2.45, 2.75) is 39.8 Å². The second-order valence-electron chi connectivity index (χ2n) is 4.14. The van der Waals surface area contributed by atoms with Gasteiger partial charge in [0.25, 0.3) is 0 Å². The van der Waals surface area contributed by atoms with E-state index in [1.165, 1.54) is 0 Å². The maximum absolute atomic E-state index is 5.88. The van der Waals surface area contributed by atoms with Crippen LogP contribution >= 0.6 is 0 Å². The zero-order chi connectivity index (χ0) is 12.7. The van der Waals surface area contributed by atoms with E-state index in [4.69, 9.17) is 15.2 Å². The average Bonchev–Trinajstić information content (AvgIpc) is 2.31. The summed E-state index contributed by atoms with van der Waals surface area (Å²) in [5, 5.41) is 0. The van der Waals surface area contributed by atoms with Gasteiger partial charge in [-0.2, -0.15) is 0 Å². The molecule has 1 aromatic rings. The van der Waals surface area contributed by atoms with Crippen molar-refractivity contribution in [3.8, 4) is 5.75 Å². The maximum Gasteiger partial charge on any atom is 0.124 e. The molecular weight excluding hydrogens is 214 g/mol. The van der Waals surface area contributed by atoms with Crippen LogP contribution in [0.3, 0.4) is 0 Å². The normalized spacial score (nSPS) is 12.5. The molecular formula is C14H23NO2. The van der Waals surface area contributed by atoms with Crippen LogP contribution in [0.4, 0.5) is 0 Å². The van der Waals surface area contributed by atoms with Gasteiger partial charge in [0.05, 0.1) is 13.2 Å². The molecule has 0 aliphatic carbocycles. The van der Waals surface area contributed by atoms with Crippen molar-refractivity contribution in [3.05, 3.63) is 29.3 Å². The third-order valence-electron chi connectivity index (χ3n) is 2.52. The van der Waals surface area contributed by atoms with Crippen LogP contribution in [0.25, 0.3) is 0 Å². The van der Waals surface area contributed by atoms with Crippen LogP contribution < -0.4 is 10.5 Å². The van der Waals surface area contributed by atoms with Crippen molar-refractivity contribution in [1.29, 1.82) is 0 Å². The van der Waals surface area contributed by atoms with Gasteiger partial charge in [-0.05, 0) is 38.0 Å². The SMILES string of the molecule is CCCOCc1cc(C(C)N)ccc1OCC. The largest absolute Gasteiger partial charge is 0.494 e. The van der Waals surface area contributed by atoms with Crippen LogP contribution in [0.15, 0.2) is 18.2 Å². The summed E-state index contributed by atoms with van der Waals surface area (Å²) in [6.45, 7) is 8.08. The van der Waals surface area contributed by atoms with Crippen LogP contribution in [0, 0.1) is 0 Å². The number of rotatable bonds is 7. The first-order chi connectivity index (χ1) is 8.19. The lowest BCUT2D eigenvalue weighted by Gasteiger charge is -2.14. The molecule has 0 aliphatic rings. The Bertz CT molecular complexity index is 337. The highest BCUT2D eigenvalue weighted by atomic mass is 16.5. The summed E-state index contributed by atoms with van der Waals surface area (Å²) in [5.41, 5.74) is 8.07. The smallest absolute Gasteiger partial charge is 0.124 e. The topological polar surface area (TPSA) is 44.5 Å². The fraction of sp³-hybridized carbons (Fsp3) is 0.571. The molecule has 3 heteroatoms. The van der Waals surface area contributed by atoms with Gasteiger partial charge in [-0.25, -0.2) is 0 Å². The van der Waals surface area contributed by atoms with Gasteiger partial charge in [0, 0.05) is 18.2 Å². The minimum absolute atomic E-state index is 0.0376. The van der Waals surface area contributed by atoms with Crippen LogP contribution in [0.2, 0.25) is 0 Å². The van der Waals surface area contributed by atoms with Gasteiger partial charge in [0.1, 0.15) is 5.75 Å². The second-order valence-corrected chi connectivity index (χ2v) is 4.14. The Balaban J connectivity index is 2.82. The third kappa shape index (κ3) is 4.36. The van der Waals surface area contributed by atoms with Crippen LogP contribution in [0.1, 0.15) is 44.4 Å². The lowest BCUT2D eigenvalue weighted by Crippen LogP contribution is -2.07. The van der Waals surface area contributed by atoms with E-state index in [0.717, 1.165) is 29.9 Å². The summed E-state index contributed by atoms with van der Waals surface area (Å²) in [5.74, 6) is 0.896. The molecule has 0 heterocycles. The zero-order valence-electron chi connectivity index (χ0n) is 11.0. The first-order valence-corrected chi connectivity index (χ1v) is 6.28. The Labute approximate surface area is 104 Å². The van der Waals surface area contributed by atoms with Gasteiger partial charge in [0.15, 0.2) is 0 Å². The molecule has 2 N–H and O–H groups in total. The van der Waals surface area contributed by atoms with Crippen LogP contribution in [-0.4, -0.2) is 13.2 Å². The molecule has 0 bridgehead atoms. The molecule has 0 spiro atoms. The third-order valence-corrected chi connectivity index (χ3v) is 2.52. The summed E-state index contributed by atoms with van der Waals surface area (Å²) < 4.78 is 11.2. The molecule has 1 unspecified atom stereocenters. The maximum atomic E-state index is 5.88. The molecule has 1 aromatic carbocycles. The molecule has 1 atom stereocenters.